The van der Waals surface area contributed by atoms with Gasteiger partial charge in [-0.25, -0.2) is 9.97 Å². The molecule has 122 valence electrons. The molecule has 0 amide bonds. The maximum Gasteiger partial charge on any atom is 0.278 e. The molecule has 3 aromatic rings. The van der Waals surface area contributed by atoms with Crippen molar-refractivity contribution >= 4 is 34.5 Å². The van der Waals surface area contributed by atoms with Crippen LogP contribution < -0.4 is 11.1 Å². The lowest BCUT2D eigenvalue weighted by atomic mass is 10.2. The van der Waals surface area contributed by atoms with E-state index in [0.29, 0.717) is 22.2 Å². The minimum Gasteiger partial charge on any atom is -0.316 e. The Morgan fingerprint density at radius 3 is 1.50 bits per heavy atom. The SMILES string of the molecule is CN=Cc1cn(C)c(=O)c2nc3c(C=NC)cn(C)c(=O)c3nc12. The number of rotatable bonds is 2. The van der Waals surface area contributed by atoms with Crippen molar-refractivity contribution in [2.75, 3.05) is 14.1 Å². The number of pyridine rings is 2. The van der Waals surface area contributed by atoms with E-state index in [-0.39, 0.29) is 22.2 Å². The van der Waals surface area contributed by atoms with Crippen molar-refractivity contribution in [3.8, 4) is 0 Å². The van der Waals surface area contributed by atoms with Crippen molar-refractivity contribution in [2.24, 2.45) is 24.1 Å². The van der Waals surface area contributed by atoms with Crippen molar-refractivity contribution in [3.63, 3.8) is 0 Å². The second-order valence-corrected chi connectivity index (χ2v) is 5.39. The normalized spacial score (nSPS) is 12.2. The van der Waals surface area contributed by atoms with E-state index >= 15 is 0 Å². The van der Waals surface area contributed by atoms with Gasteiger partial charge < -0.3 is 9.13 Å². The van der Waals surface area contributed by atoms with Crippen LogP contribution in [0.15, 0.2) is 32.0 Å². The van der Waals surface area contributed by atoms with Crippen LogP contribution in [0.2, 0.25) is 0 Å². The summed E-state index contributed by atoms with van der Waals surface area (Å²) in [6.45, 7) is 0. The number of hydrogen-bond donors (Lipinski definition) is 0. The van der Waals surface area contributed by atoms with E-state index in [2.05, 4.69) is 20.0 Å². The van der Waals surface area contributed by atoms with Crippen molar-refractivity contribution in [1.29, 1.82) is 0 Å². The first kappa shape index (κ1) is 15.7. The molecular weight excluding hydrogens is 308 g/mol. The smallest absolute Gasteiger partial charge is 0.278 e. The summed E-state index contributed by atoms with van der Waals surface area (Å²) in [4.78, 5) is 41.7. The molecule has 24 heavy (non-hydrogen) atoms. The predicted octanol–water partition coefficient (Wildman–Crippen LogP) is 0.278. The molecule has 3 heterocycles. The standard InChI is InChI=1S/C16H16N6O2/c1-17-5-9-7-21(3)15(23)13-11(9)19-14-12(20-13)10(6-18-2)8-22(4)16(14)24/h5-8H,1-4H3. The van der Waals surface area contributed by atoms with Gasteiger partial charge in [0.15, 0.2) is 11.0 Å². The van der Waals surface area contributed by atoms with E-state index in [4.69, 9.17) is 0 Å². The average molecular weight is 324 g/mol. The molecule has 8 heteroatoms. The number of aryl methyl sites for hydroxylation is 2. The van der Waals surface area contributed by atoms with Gasteiger partial charge in [0.2, 0.25) is 0 Å². The first-order valence-electron chi connectivity index (χ1n) is 7.23. The highest BCUT2D eigenvalue weighted by Crippen LogP contribution is 2.16. The molecule has 0 aliphatic heterocycles. The van der Waals surface area contributed by atoms with Gasteiger partial charge in [0.25, 0.3) is 11.1 Å². The van der Waals surface area contributed by atoms with Crippen LogP contribution in [0.5, 0.6) is 0 Å². The van der Waals surface area contributed by atoms with Crippen molar-refractivity contribution in [3.05, 3.63) is 44.2 Å². The van der Waals surface area contributed by atoms with Crippen LogP contribution in [-0.4, -0.2) is 45.6 Å². The predicted molar refractivity (Wildman–Crippen MR) is 94.6 cm³/mol. The lowest BCUT2D eigenvalue weighted by molar-refractivity contribution is 0.860. The zero-order valence-corrected chi connectivity index (χ0v) is 13.8. The van der Waals surface area contributed by atoms with Gasteiger partial charge in [-0.3, -0.25) is 19.6 Å². The van der Waals surface area contributed by atoms with Crippen LogP contribution in [0.25, 0.3) is 22.1 Å². The third-order valence-corrected chi connectivity index (χ3v) is 3.69. The fourth-order valence-electron chi connectivity index (χ4n) is 2.59. The Labute approximate surface area is 136 Å². The zero-order chi connectivity index (χ0) is 17.4. The number of aliphatic imine (C=N–C) groups is 2. The van der Waals surface area contributed by atoms with E-state index in [0.717, 1.165) is 0 Å². The third-order valence-electron chi connectivity index (χ3n) is 3.69. The lowest BCUT2D eigenvalue weighted by Gasteiger charge is -2.08. The summed E-state index contributed by atoms with van der Waals surface area (Å²) in [5, 5.41) is 0. The summed E-state index contributed by atoms with van der Waals surface area (Å²) >= 11 is 0. The Balaban J connectivity index is 2.62. The monoisotopic (exact) mass is 324 g/mol. The maximum atomic E-state index is 12.4. The zero-order valence-electron chi connectivity index (χ0n) is 13.8. The Hall–Kier alpha value is -3.16. The van der Waals surface area contributed by atoms with Crippen LogP contribution in [0, 0.1) is 0 Å². The van der Waals surface area contributed by atoms with Gasteiger partial charge in [-0.15, -0.1) is 0 Å². The molecule has 0 N–H and O–H groups in total. The Morgan fingerprint density at radius 1 is 0.792 bits per heavy atom. The summed E-state index contributed by atoms with van der Waals surface area (Å²) in [5.74, 6) is 0. The molecule has 0 aliphatic carbocycles. The van der Waals surface area contributed by atoms with Gasteiger partial charge in [0, 0.05) is 64.1 Å². The highest BCUT2D eigenvalue weighted by molar-refractivity contribution is 6.01. The molecule has 0 saturated heterocycles. The van der Waals surface area contributed by atoms with Crippen LogP contribution in [0.4, 0.5) is 0 Å². The molecule has 0 unspecified atom stereocenters. The molecular formula is C16H16N6O2. The van der Waals surface area contributed by atoms with Gasteiger partial charge in [-0.05, 0) is 0 Å². The van der Waals surface area contributed by atoms with E-state index in [1.54, 1.807) is 53.0 Å². The Bertz CT molecular complexity index is 1050. The highest BCUT2D eigenvalue weighted by atomic mass is 16.1. The second-order valence-electron chi connectivity index (χ2n) is 5.39. The van der Waals surface area contributed by atoms with Crippen molar-refractivity contribution < 1.29 is 0 Å². The quantitative estimate of drug-likeness (QED) is 0.500. The molecule has 8 nitrogen and oxygen atoms in total. The van der Waals surface area contributed by atoms with Crippen LogP contribution >= 0.6 is 0 Å². The summed E-state index contributed by atoms with van der Waals surface area (Å²) < 4.78 is 2.85. The molecule has 3 rings (SSSR count). The van der Waals surface area contributed by atoms with Crippen molar-refractivity contribution in [1.82, 2.24) is 19.1 Å². The molecule has 0 bridgehead atoms. The first-order valence-corrected chi connectivity index (χ1v) is 7.23. The molecule has 0 radical (unpaired) electrons. The fraction of sp³-hybridized carbons (Fsp3) is 0.250. The van der Waals surface area contributed by atoms with E-state index < -0.39 is 0 Å². The van der Waals surface area contributed by atoms with E-state index in [1.807, 2.05) is 0 Å². The topological polar surface area (TPSA) is 94.5 Å². The largest absolute Gasteiger partial charge is 0.316 e. The number of nitrogens with zero attached hydrogens (tertiary/aromatic N) is 6. The van der Waals surface area contributed by atoms with Crippen molar-refractivity contribution in [2.45, 2.75) is 0 Å². The van der Waals surface area contributed by atoms with E-state index in [9.17, 15) is 9.59 Å². The number of fused-ring (bicyclic) bond motifs is 2. The lowest BCUT2D eigenvalue weighted by Crippen LogP contribution is -2.23. The van der Waals surface area contributed by atoms with Crippen LogP contribution in [0.3, 0.4) is 0 Å². The summed E-state index contributed by atoms with van der Waals surface area (Å²) in [6.07, 6.45) is 6.42. The van der Waals surface area contributed by atoms with Gasteiger partial charge >= 0.3 is 0 Å². The molecule has 0 spiro atoms. The first-order chi connectivity index (χ1) is 11.5. The van der Waals surface area contributed by atoms with Crippen LogP contribution in [0.1, 0.15) is 11.1 Å². The molecule has 3 aromatic heterocycles. The summed E-state index contributed by atoms with van der Waals surface area (Å²) in [6, 6.07) is 0. The second kappa shape index (κ2) is 5.80. The van der Waals surface area contributed by atoms with E-state index in [1.165, 1.54) is 9.13 Å². The molecule has 0 aromatic carbocycles. The third kappa shape index (κ3) is 2.32. The average Bonchev–Trinajstić information content (AvgIpc) is 2.56. The molecule has 0 saturated carbocycles. The number of hydrogen-bond acceptors (Lipinski definition) is 6. The van der Waals surface area contributed by atoms with Gasteiger partial charge in [0.1, 0.15) is 11.0 Å². The van der Waals surface area contributed by atoms with Gasteiger partial charge in [0.05, 0.1) is 0 Å². The fourth-order valence-corrected chi connectivity index (χ4v) is 2.59. The Kier molecular flexibility index (Phi) is 3.80. The maximum absolute atomic E-state index is 12.4. The highest BCUT2D eigenvalue weighted by Gasteiger charge is 2.15. The van der Waals surface area contributed by atoms with Crippen LogP contribution in [-0.2, 0) is 14.1 Å². The molecule has 0 fully saturated rings. The summed E-state index contributed by atoms with van der Waals surface area (Å²) in [7, 11) is 6.53. The van der Waals surface area contributed by atoms with Gasteiger partial charge in [-0.1, -0.05) is 0 Å². The molecule has 0 atom stereocenters. The van der Waals surface area contributed by atoms with Gasteiger partial charge in [-0.2, -0.15) is 0 Å². The number of aromatic nitrogens is 4. The molecule has 0 aliphatic rings. The minimum atomic E-state index is -0.285. The summed E-state index contributed by atoms with van der Waals surface area (Å²) in [5.41, 5.74) is 1.79. The minimum absolute atomic E-state index is 0.196. The Morgan fingerprint density at radius 2 is 1.17 bits per heavy atom.